The molecule has 1 amide bonds. The average Bonchev–Trinajstić information content (AvgIpc) is 3.55. The first-order chi connectivity index (χ1) is 19.8. The highest BCUT2D eigenvalue weighted by molar-refractivity contribution is 7.10. The predicted molar refractivity (Wildman–Crippen MR) is 155 cm³/mol. The fraction of sp³-hybridized carbons (Fsp3) is 0.500. The van der Waals surface area contributed by atoms with Gasteiger partial charge >= 0.3 is 6.18 Å². The number of aromatic nitrogens is 2. The summed E-state index contributed by atoms with van der Waals surface area (Å²) in [7, 11) is 4.02. The van der Waals surface area contributed by atoms with Gasteiger partial charge in [-0.15, -0.1) is 11.3 Å². The summed E-state index contributed by atoms with van der Waals surface area (Å²) >= 11 is 1.45. The van der Waals surface area contributed by atoms with Crippen LogP contribution in [0, 0.1) is 0 Å². The highest BCUT2D eigenvalue weighted by Gasteiger charge is 2.33. The standard InChI is InChI=1S/C30H36F4N6OS/c1-29(2,31)27-20(12-35-18-36-27)14-40-8-6-24-25(17-42-26(24)16-40)28(41)37-22-10-19(9-21(11-22)30(32,33)34)13-39-7-5-23(15-39)38(3)4/h9-12,17-18,23H,5-8,13-16H2,1-4H3,(H,37,41)/t23-/m1/s1. The lowest BCUT2D eigenvalue weighted by Crippen LogP contribution is -2.31. The minimum absolute atomic E-state index is 0.135. The van der Waals surface area contributed by atoms with Crippen molar-refractivity contribution in [3.63, 3.8) is 0 Å². The Labute approximate surface area is 247 Å². The highest BCUT2D eigenvalue weighted by atomic mass is 32.1. The van der Waals surface area contributed by atoms with Crippen LogP contribution in [0.25, 0.3) is 0 Å². The number of alkyl halides is 4. The lowest BCUT2D eigenvalue weighted by Gasteiger charge is -2.28. The maximum Gasteiger partial charge on any atom is 0.416 e. The number of anilines is 1. The lowest BCUT2D eigenvalue weighted by atomic mass is 9.99. The van der Waals surface area contributed by atoms with Gasteiger partial charge in [-0.2, -0.15) is 13.2 Å². The third-order valence-electron chi connectivity index (χ3n) is 7.98. The van der Waals surface area contributed by atoms with Crippen LogP contribution in [0.3, 0.4) is 0 Å². The minimum atomic E-state index is -4.53. The number of carbonyl (C=O) groups excluding carboxylic acids is 1. The second kappa shape index (κ2) is 12.0. The Kier molecular flexibility index (Phi) is 8.71. The largest absolute Gasteiger partial charge is 0.416 e. The van der Waals surface area contributed by atoms with Gasteiger partial charge in [-0.05, 0) is 70.1 Å². The number of amides is 1. The topological polar surface area (TPSA) is 64.6 Å². The number of nitrogens with one attached hydrogen (secondary N) is 1. The highest BCUT2D eigenvalue weighted by Crippen LogP contribution is 2.35. The molecule has 5 rings (SSSR count). The molecular formula is C30H36F4N6OS. The van der Waals surface area contributed by atoms with Crippen LogP contribution < -0.4 is 5.32 Å². The number of carbonyl (C=O) groups is 1. The smallest absolute Gasteiger partial charge is 0.322 e. The van der Waals surface area contributed by atoms with Crippen molar-refractivity contribution in [3.05, 3.63) is 74.5 Å². The minimum Gasteiger partial charge on any atom is -0.322 e. The van der Waals surface area contributed by atoms with Crippen LogP contribution in [-0.4, -0.2) is 70.3 Å². The van der Waals surface area contributed by atoms with Crippen molar-refractivity contribution in [2.24, 2.45) is 0 Å². The van der Waals surface area contributed by atoms with E-state index in [2.05, 4.69) is 30.0 Å². The van der Waals surface area contributed by atoms with E-state index in [1.54, 1.807) is 17.6 Å². The number of thiophene rings is 1. The zero-order chi connectivity index (χ0) is 30.2. The van der Waals surface area contributed by atoms with Crippen molar-refractivity contribution in [1.29, 1.82) is 0 Å². The molecule has 7 nitrogen and oxygen atoms in total. The molecule has 12 heteroatoms. The molecule has 0 aliphatic carbocycles. The van der Waals surface area contributed by atoms with Gasteiger partial charge in [0.15, 0.2) is 0 Å². The molecule has 0 unspecified atom stereocenters. The van der Waals surface area contributed by atoms with Gasteiger partial charge < -0.3 is 10.2 Å². The van der Waals surface area contributed by atoms with E-state index in [0.717, 1.165) is 41.6 Å². The molecule has 0 radical (unpaired) electrons. The van der Waals surface area contributed by atoms with E-state index >= 15 is 0 Å². The van der Waals surface area contributed by atoms with Crippen LogP contribution in [0.4, 0.5) is 23.2 Å². The zero-order valence-electron chi connectivity index (χ0n) is 24.3. The Bertz CT molecular complexity index is 1430. The Morgan fingerprint density at radius 2 is 1.90 bits per heavy atom. The van der Waals surface area contributed by atoms with Crippen LogP contribution in [-0.2, 0) is 37.9 Å². The SMILES string of the molecule is CN(C)[C@@H]1CCN(Cc2cc(NC(=O)c3csc4c3CCN(Cc3cncnc3C(C)(C)F)C4)cc(C(F)(F)F)c2)C1. The van der Waals surface area contributed by atoms with E-state index < -0.39 is 23.3 Å². The van der Waals surface area contributed by atoms with Crippen LogP contribution >= 0.6 is 11.3 Å². The van der Waals surface area contributed by atoms with Crippen molar-refractivity contribution in [1.82, 2.24) is 24.7 Å². The van der Waals surface area contributed by atoms with Gasteiger partial charge in [0.1, 0.15) is 12.0 Å². The van der Waals surface area contributed by atoms with E-state index in [0.29, 0.717) is 55.5 Å². The van der Waals surface area contributed by atoms with E-state index in [1.807, 2.05) is 14.1 Å². The number of likely N-dealkylation sites (N-methyl/N-ethyl adjacent to an activating group) is 1. The predicted octanol–water partition coefficient (Wildman–Crippen LogP) is 5.71. The zero-order valence-corrected chi connectivity index (χ0v) is 25.1. The first kappa shape index (κ1) is 30.5. The van der Waals surface area contributed by atoms with Crippen molar-refractivity contribution in [3.8, 4) is 0 Å². The Morgan fingerprint density at radius 1 is 1.12 bits per heavy atom. The first-order valence-corrected chi connectivity index (χ1v) is 14.9. The summed E-state index contributed by atoms with van der Waals surface area (Å²) in [6.45, 7) is 6.61. The summed E-state index contributed by atoms with van der Waals surface area (Å²) in [5.74, 6) is -0.419. The van der Waals surface area contributed by atoms with E-state index in [9.17, 15) is 22.4 Å². The molecule has 1 fully saturated rings. The summed E-state index contributed by atoms with van der Waals surface area (Å²) < 4.78 is 56.0. The van der Waals surface area contributed by atoms with Gasteiger partial charge in [-0.1, -0.05) is 0 Å². The number of fused-ring (bicyclic) bond motifs is 1. The van der Waals surface area contributed by atoms with Gasteiger partial charge in [0.25, 0.3) is 5.91 Å². The molecule has 0 saturated carbocycles. The number of hydrogen-bond donors (Lipinski definition) is 1. The summed E-state index contributed by atoms with van der Waals surface area (Å²) in [4.78, 5) is 29.0. The van der Waals surface area contributed by atoms with Crippen LogP contribution in [0.5, 0.6) is 0 Å². The van der Waals surface area contributed by atoms with E-state index in [4.69, 9.17) is 0 Å². The molecular weight excluding hydrogens is 568 g/mol. The number of benzene rings is 1. The molecule has 2 aliphatic heterocycles. The lowest BCUT2D eigenvalue weighted by molar-refractivity contribution is -0.137. The molecule has 0 bridgehead atoms. The number of nitrogens with zero attached hydrogens (tertiary/aromatic N) is 5. The average molecular weight is 605 g/mol. The fourth-order valence-corrected chi connectivity index (χ4v) is 6.93. The van der Waals surface area contributed by atoms with Gasteiger partial charge in [0.05, 0.1) is 16.8 Å². The van der Waals surface area contributed by atoms with E-state index in [-0.39, 0.29) is 5.69 Å². The summed E-state index contributed by atoms with van der Waals surface area (Å²) in [6, 6.07) is 4.19. The van der Waals surface area contributed by atoms with Crippen molar-refractivity contribution < 1.29 is 22.4 Å². The maximum atomic E-state index is 14.7. The Balaban J connectivity index is 1.30. The van der Waals surface area contributed by atoms with Crippen molar-refractivity contribution >= 4 is 22.9 Å². The molecule has 1 aromatic carbocycles. The molecule has 3 aromatic rings. The third kappa shape index (κ3) is 6.99. The summed E-state index contributed by atoms with van der Waals surface area (Å²) in [5.41, 5.74) is 0.742. The molecule has 4 heterocycles. The Morgan fingerprint density at radius 3 is 2.60 bits per heavy atom. The molecule has 42 heavy (non-hydrogen) atoms. The normalized spacial score (nSPS) is 18.5. The van der Waals surface area contributed by atoms with Crippen molar-refractivity contribution in [2.75, 3.05) is 39.0 Å². The monoisotopic (exact) mass is 604 g/mol. The molecule has 2 aromatic heterocycles. The quantitative estimate of drug-likeness (QED) is 0.333. The molecule has 0 spiro atoms. The molecule has 1 saturated heterocycles. The molecule has 2 aliphatic rings. The maximum absolute atomic E-state index is 14.7. The van der Waals surface area contributed by atoms with Crippen LogP contribution in [0.15, 0.2) is 36.1 Å². The first-order valence-electron chi connectivity index (χ1n) is 14.0. The summed E-state index contributed by atoms with van der Waals surface area (Å²) in [5, 5.41) is 4.51. The van der Waals surface area contributed by atoms with E-state index in [1.165, 1.54) is 37.6 Å². The Hall–Kier alpha value is -2.93. The van der Waals surface area contributed by atoms with Gasteiger partial charge in [0.2, 0.25) is 0 Å². The number of hydrogen-bond acceptors (Lipinski definition) is 7. The van der Waals surface area contributed by atoms with Crippen LogP contribution in [0.2, 0.25) is 0 Å². The van der Waals surface area contributed by atoms with Crippen molar-refractivity contribution in [2.45, 2.75) is 64.2 Å². The number of halogens is 4. The second-order valence-electron chi connectivity index (χ2n) is 11.9. The number of rotatable bonds is 8. The van der Waals surface area contributed by atoms with Crippen LogP contribution in [0.1, 0.15) is 63.5 Å². The number of likely N-dealkylation sites (tertiary alicyclic amines) is 1. The van der Waals surface area contributed by atoms with Gasteiger partial charge in [-0.3, -0.25) is 14.6 Å². The third-order valence-corrected chi connectivity index (χ3v) is 8.99. The molecule has 1 N–H and O–H groups in total. The fourth-order valence-electron chi connectivity index (χ4n) is 5.81. The second-order valence-corrected chi connectivity index (χ2v) is 12.9. The summed E-state index contributed by atoms with van der Waals surface area (Å²) in [6.07, 6.45) is 0.0154. The molecule has 226 valence electrons. The molecule has 1 atom stereocenters. The van der Waals surface area contributed by atoms with Gasteiger partial charge in [0, 0.05) is 73.0 Å². The van der Waals surface area contributed by atoms with Gasteiger partial charge in [-0.25, -0.2) is 14.4 Å².